The number of methoxy groups -OCH3 is 1. The van der Waals surface area contributed by atoms with Gasteiger partial charge >= 0.3 is 0 Å². The van der Waals surface area contributed by atoms with Gasteiger partial charge in [0.1, 0.15) is 0 Å². The van der Waals surface area contributed by atoms with Gasteiger partial charge in [-0.1, -0.05) is 0 Å². The number of rotatable bonds is 5. The summed E-state index contributed by atoms with van der Waals surface area (Å²) in [5, 5.41) is 0. The zero-order chi connectivity index (χ0) is 9.68. The molecule has 1 saturated heterocycles. The molecule has 1 aliphatic heterocycles. The topological polar surface area (TPSA) is 21.7 Å². The molecule has 1 atom stereocenters. The molecular formula is C10H21NO2. The average molecular weight is 187 g/mol. The van der Waals surface area contributed by atoms with Gasteiger partial charge in [0.2, 0.25) is 0 Å². The molecule has 0 aromatic carbocycles. The van der Waals surface area contributed by atoms with Gasteiger partial charge in [0.25, 0.3) is 0 Å². The lowest BCUT2D eigenvalue weighted by Crippen LogP contribution is -2.30. The van der Waals surface area contributed by atoms with E-state index >= 15 is 0 Å². The second-order valence-corrected chi connectivity index (χ2v) is 3.86. The molecule has 3 nitrogen and oxygen atoms in total. The summed E-state index contributed by atoms with van der Waals surface area (Å²) in [6, 6.07) is 0.649. The van der Waals surface area contributed by atoms with E-state index < -0.39 is 0 Å². The van der Waals surface area contributed by atoms with E-state index in [1.54, 1.807) is 7.11 Å². The molecule has 0 saturated carbocycles. The summed E-state index contributed by atoms with van der Waals surface area (Å²) in [4.78, 5) is 2.46. The Morgan fingerprint density at radius 3 is 2.69 bits per heavy atom. The Bertz CT molecular complexity index is 139. The zero-order valence-corrected chi connectivity index (χ0v) is 8.95. The van der Waals surface area contributed by atoms with Crippen molar-refractivity contribution in [2.75, 3.05) is 33.4 Å². The molecule has 1 rings (SSSR count). The monoisotopic (exact) mass is 187 g/mol. The summed E-state index contributed by atoms with van der Waals surface area (Å²) in [5.41, 5.74) is 0. The average Bonchev–Trinajstić information content (AvgIpc) is 2.53. The van der Waals surface area contributed by atoms with Crippen molar-refractivity contribution in [1.29, 1.82) is 0 Å². The Morgan fingerprint density at radius 2 is 2.15 bits per heavy atom. The summed E-state index contributed by atoms with van der Waals surface area (Å²) in [6.07, 6.45) is 1.60. The maximum Gasteiger partial charge on any atom is 0.0715 e. The Labute approximate surface area is 81.0 Å². The molecule has 78 valence electrons. The lowest BCUT2D eigenvalue weighted by atomic mass is 10.3. The van der Waals surface area contributed by atoms with Crippen LogP contribution in [0.4, 0.5) is 0 Å². The second kappa shape index (κ2) is 5.58. The number of nitrogens with zero attached hydrogens (tertiary/aromatic N) is 1. The van der Waals surface area contributed by atoms with E-state index in [-0.39, 0.29) is 0 Å². The van der Waals surface area contributed by atoms with Crippen LogP contribution in [0.2, 0.25) is 0 Å². The van der Waals surface area contributed by atoms with E-state index in [4.69, 9.17) is 9.47 Å². The Morgan fingerprint density at radius 1 is 1.38 bits per heavy atom. The van der Waals surface area contributed by atoms with Gasteiger partial charge in [-0.05, 0) is 20.3 Å². The first-order valence-corrected chi connectivity index (χ1v) is 5.08. The predicted molar refractivity (Wildman–Crippen MR) is 52.9 cm³/mol. The molecule has 0 aromatic heterocycles. The lowest BCUT2D eigenvalue weighted by molar-refractivity contribution is 0.0208. The van der Waals surface area contributed by atoms with Gasteiger partial charge in [-0.15, -0.1) is 0 Å². The molecule has 0 bridgehead atoms. The summed E-state index contributed by atoms with van der Waals surface area (Å²) < 4.78 is 10.6. The van der Waals surface area contributed by atoms with Crippen molar-refractivity contribution in [3.8, 4) is 0 Å². The first kappa shape index (κ1) is 11.0. The van der Waals surface area contributed by atoms with Crippen molar-refractivity contribution in [1.82, 2.24) is 4.90 Å². The van der Waals surface area contributed by atoms with Gasteiger partial charge in [0.05, 0.1) is 19.3 Å². The van der Waals surface area contributed by atoms with Crippen LogP contribution < -0.4 is 0 Å². The quantitative estimate of drug-likeness (QED) is 0.602. The van der Waals surface area contributed by atoms with Gasteiger partial charge in [0.15, 0.2) is 0 Å². The van der Waals surface area contributed by atoms with Gasteiger partial charge in [0, 0.05) is 26.2 Å². The third kappa shape index (κ3) is 3.63. The van der Waals surface area contributed by atoms with Gasteiger partial charge in [-0.3, -0.25) is 4.90 Å². The number of hydrogen-bond acceptors (Lipinski definition) is 3. The van der Waals surface area contributed by atoms with E-state index in [0.717, 1.165) is 13.2 Å². The van der Waals surface area contributed by atoms with Crippen LogP contribution in [-0.2, 0) is 9.47 Å². The van der Waals surface area contributed by atoms with Crippen molar-refractivity contribution in [2.45, 2.75) is 32.4 Å². The minimum Gasteiger partial charge on any atom is -0.382 e. The fourth-order valence-electron chi connectivity index (χ4n) is 1.66. The van der Waals surface area contributed by atoms with E-state index in [2.05, 4.69) is 18.7 Å². The highest BCUT2D eigenvalue weighted by Gasteiger charge is 2.24. The summed E-state index contributed by atoms with van der Waals surface area (Å²) in [7, 11) is 1.71. The van der Waals surface area contributed by atoms with Crippen LogP contribution in [0.3, 0.4) is 0 Å². The number of ether oxygens (including phenoxy) is 2. The third-order valence-electron chi connectivity index (χ3n) is 2.55. The van der Waals surface area contributed by atoms with E-state index in [1.165, 1.54) is 13.0 Å². The first-order valence-electron chi connectivity index (χ1n) is 5.08. The molecule has 1 fully saturated rings. The molecule has 0 amide bonds. The Kier molecular flexibility index (Phi) is 4.70. The molecule has 13 heavy (non-hydrogen) atoms. The second-order valence-electron chi connectivity index (χ2n) is 3.86. The van der Waals surface area contributed by atoms with Crippen molar-refractivity contribution in [3.05, 3.63) is 0 Å². The van der Waals surface area contributed by atoms with Gasteiger partial charge < -0.3 is 9.47 Å². The largest absolute Gasteiger partial charge is 0.382 e. The molecule has 3 heteroatoms. The summed E-state index contributed by atoms with van der Waals surface area (Å²) >= 11 is 0. The fraction of sp³-hybridized carbons (Fsp3) is 1.00. The van der Waals surface area contributed by atoms with Crippen molar-refractivity contribution in [2.24, 2.45) is 0 Å². The zero-order valence-electron chi connectivity index (χ0n) is 8.95. The van der Waals surface area contributed by atoms with E-state index in [9.17, 15) is 0 Å². The maximum atomic E-state index is 5.66. The van der Waals surface area contributed by atoms with Gasteiger partial charge in [-0.25, -0.2) is 0 Å². The van der Waals surface area contributed by atoms with Crippen LogP contribution in [0.15, 0.2) is 0 Å². The highest BCUT2D eigenvalue weighted by Crippen LogP contribution is 2.14. The molecule has 0 spiro atoms. The molecule has 0 aromatic rings. The van der Waals surface area contributed by atoms with Crippen molar-refractivity contribution >= 4 is 0 Å². The van der Waals surface area contributed by atoms with Crippen LogP contribution in [-0.4, -0.2) is 50.5 Å². The van der Waals surface area contributed by atoms with Crippen molar-refractivity contribution < 1.29 is 9.47 Å². The highest BCUT2D eigenvalue weighted by atomic mass is 16.5. The maximum absolute atomic E-state index is 5.66. The van der Waals surface area contributed by atoms with E-state index in [0.29, 0.717) is 18.8 Å². The third-order valence-corrected chi connectivity index (χ3v) is 2.55. The fourth-order valence-corrected chi connectivity index (χ4v) is 1.66. The SMILES string of the molecule is COCCOC1CCN(C(C)C)C1. The first-order chi connectivity index (χ1) is 6.24. The molecule has 0 radical (unpaired) electrons. The molecule has 0 N–H and O–H groups in total. The van der Waals surface area contributed by atoms with Crippen LogP contribution in [0.25, 0.3) is 0 Å². The van der Waals surface area contributed by atoms with Crippen LogP contribution in [0, 0.1) is 0 Å². The summed E-state index contributed by atoms with van der Waals surface area (Å²) in [6.45, 7) is 8.16. The van der Waals surface area contributed by atoms with Crippen LogP contribution in [0.1, 0.15) is 20.3 Å². The number of hydrogen-bond donors (Lipinski definition) is 0. The Balaban J connectivity index is 2.10. The molecule has 1 heterocycles. The van der Waals surface area contributed by atoms with E-state index in [1.807, 2.05) is 0 Å². The molecule has 0 aliphatic carbocycles. The normalized spacial score (nSPS) is 24.5. The standard InChI is InChI=1S/C10H21NO2/c1-9(2)11-5-4-10(8-11)13-7-6-12-3/h9-10H,4-8H2,1-3H3. The minimum absolute atomic E-state index is 0.428. The van der Waals surface area contributed by atoms with Crippen LogP contribution in [0.5, 0.6) is 0 Å². The van der Waals surface area contributed by atoms with Crippen LogP contribution >= 0.6 is 0 Å². The highest BCUT2D eigenvalue weighted by molar-refractivity contribution is 4.78. The van der Waals surface area contributed by atoms with Crippen molar-refractivity contribution in [3.63, 3.8) is 0 Å². The smallest absolute Gasteiger partial charge is 0.0715 e. The predicted octanol–water partition coefficient (Wildman–Crippen LogP) is 1.13. The Hall–Kier alpha value is -0.120. The minimum atomic E-state index is 0.428. The van der Waals surface area contributed by atoms with Gasteiger partial charge in [-0.2, -0.15) is 0 Å². The lowest BCUT2D eigenvalue weighted by Gasteiger charge is -2.20. The summed E-state index contributed by atoms with van der Waals surface area (Å²) in [5.74, 6) is 0. The molecule has 1 unspecified atom stereocenters. The number of likely N-dealkylation sites (tertiary alicyclic amines) is 1. The molecule has 1 aliphatic rings. The molecular weight excluding hydrogens is 166 g/mol.